The first-order chi connectivity index (χ1) is 7.13. The third-order valence-electron chi connectivity index (χ3n) is 2.54. The van der Waals surface area contributed by atoms with Gasteiger partial charge in [-0.2, -0.15) is 0 Å². The van der Waals surface area contributed by atoms with Crippen LogP contribution in [0.15, 0.2) is 18.2 Å². The van der Waals surface area contributed by atoms with E-state index in [0.29, 0.717) is 6.42 Å². The quantitative estimate of drug-likeness (QED) is 0.803. The first-order valence-corrected chi connectivity index (χ1v) is 5.46. The van der Waals surface area contributed by atoms with Gasteiger partial charge in [-0.3, -0.25) is 4.79 Å². The number of hydrogen-bond donors (Lipinski definition) is 1. The molecule has 1 aromatic carbocycles. The molecule has 0 aromatic heterocycles. The second kappa shape index (κ2) is 5.54. The van der Waals surface area contributed by atoms with Crippen molar-refractivity contribution in [2.75, 3.05) is 6.54 Å². The van der Waals surface area contributed by atoms with Gasteiger partial charge in [0.25, 0.3) is 0 Å². The molecular formula is C13H19NO. The predicted octanol–water partition coefficient (Wildman–Crippen LogP) is 2.37. The fourth-order valence-corrected chi connectivity index (χ4v) is 1.53. The summed E-state index contributed by atoms with van der Waals surface area (Å²) in [6.45, 7) is 6.80. The van der Waals surface area contributed by atoms with E-state index >= 15 is 0 Å². The van der Waals surface area contributed by atoms with Gasteiger partial charge in [0.1, 0.15) is 0 Å². The molecule has 1 N–H and O–H groups in total. The Morgan fingerprint density at radius 2 is 2.07 bits per heavy atom. The van der Waals surface area contributed by atoms with Gasteiger partial charge in [-0.25, -0.2) is 0 Å². The van der Waals surface area contributed by atoms with Crippen LogP contribution in [0.5, 0.6) is 0 Å². The fourth-order valence-electron chi connectivity index (χ4n) is 1.53. The molecule has 0 aliphatic heterocycles. The van der Waals surface area contributed by atoms with Crippen molar-refractivity contribution in [2.45, 2.75) is 33.6 Å². The highest BCUT2D eigenvalue weighted by Gasteiger charge is 2.00. The SMILES string of the molecule is CCC(=O)NCCc1cc(C)ccc1C. The van der Waals surface area contributed by atoms with Crippen LogP contribution in [0.4, 0.5) is 0 Å². The average Bonchev–Trinajstić information content (AvgIpc) is 2.23. The van der Waals surface area contributed by atoms with Crippen molar-refractivity contribution in [2.24, 2.45) is 0 Å². The van der Waals surface area contributed by atoms with Crippen molar-refractivity contribution in [1.82, 2.24) is 5.32 Å². The number of amides is 1. The number of nitrogens with one attached hydrogen (secondary N) is 1. The van der Waals surface area contributed by atoms with Crippen LogP contribution >= 0.6 is 0 Å². The largest absolute Gasteiger partial charge is 0.356 e. The summed E-state index contributed by atoms with van der Waals surface area (Å²) >= 11 is 0. The summed E-state index contributed by atoms with van der Waals surface area (Å²) in [6, 6.07) is 6.43. The van der Waals surface area contributed by atoms with Gasteiger partial charge in [0.2, 0.25) is 5.91 Å². The zero-order chi connectivity index (χ0) is 11.3. The number of hydrogen-bond acceptors (Lipinski definition) is 1. The maximum atomic E-state index is 11.0. The van der Waals surface area contributed by atoms with Gasteiger partial charge < -0.3 is 5.32 Å². The van der Waals surface area contributed by atoms with Crippen LogP contribution < -0.4 is 5.32 Å². The highest BCUT2D eigenvalue weighted by Crippen LogP contribution is 2.10. The van der Waals surface area contributed by atoms with Crippen molar-refractivity contribution in [3.8, 4) is 0 Å². The van der Waals surface area contributed by atoms with Crippen LogP contribution in [0.2, 0.25) is 0 Å². The molecule has 1 rings (SSSR count). The van der Waals surface area contributed by atoms with Crippen LogP contribution in [-0.2, 0) is 11.2 Å². The van der Waals surface area contributed by atoms with E-state index in [2.05, 4.69) is 37.4 Å². The van der Waals surface area contributed by atoms with Crippen LogP contribution in [0.25, 0.3) is 0 Å². The molecule has 2 heteroatoms. The molecule has 0 spiro atoms. The van der Waals surface area contributed by atoms with Gasteiger partial charge in [0.05, 0.1) is 0 Å². The molecular weight excluding hydrogens is 186 g/mol. The van der Waals surface area contributed by atoms with Crippen molar-refractivity contribution in [1.29, 1.82) is 0 Å². The minimum atomic E-state index is 0.125. The van der Waals surface area contributed by atoms with E-state index in [9.17, 15) is 4.79 Å². The molecule has 0 aliphatic rings. The summed E-state index contributed by atoms with van der Waals surface area (Å²) < 4.78 is 0. The van der Waals surface area contributed by atoms with Gasteiger partial charge in [-0.15, -0.1) is 0 Å². The first-order valence-electron chi connectivity index (χ1n) is 5.46. The number of carbonyl (C=O) groups excluding carboxylic acids is 1. The lowest BCUT2D eigenvalue weighted by atomic mass is 10.0. The summed E-state index contributed by atoms with van der Waals surface area (Å²) in [5.41, 5.74) is 3.90. The van der Waals surface area contributed by atoms with Crippen LogP contribution in [0.3, 0.4) is 0 Å². The monoisotopic (exact) mass is 205 g/mol. The molecule has 0 saturated carbocycles. The Kier molecular flexibility index (Phi) is 4.35. The summed E-state index contributed by atoms with van der Waals surface area (Å²) in [6.07, 6.45) is 1.48. The minimum absolute atomic E-state index is 0.125. The summed E-state index contributed by atoms with van der Waals surface area (Å²) in [4.78, 5) is 11.0. The van der Waals surface area contributed by atoms with E-state index in [1.807, 2.05) is 6.92 Å². The minimum Gasteiger partial charge on any atom is -0.356 e. The Labute approximate surface area is 91.7 Å². The molecule has 0 radical (unpaired) electrons. The number of rotatable bonds is 4. The number of aryl methyl sites for hydroxylation is 2. The molecule has 82 valence electrons. The Bertz CT molecular complexity index is 344. The average molecular weight is 205 g/mol. The molecule has 2 nitrogen and oxygen atoms in total. The summed E-state index contributed by atoms with van der Waals surface area (Å²) in [5, 5.41) is 2.89. The Hall–Kier alpha value is -1.31. The molecule has 0 fully saturated rings. The molecule has 0 atom stereocenters. The molecule has 0 unspecified atom stereocenters. The van der Waals surface area contributed by atoms with Crippen molar-refractivity contribution in [3.63, 3.8) is 0 Å². The van der Waals surface area contributed by atoms with Crippen molar-refractivity contribution >= 4 is 5.91 Å². The Morgan fingerprint density at radius 1 is 1.33 bits per heavy atom. The zero-order valence-corrected chi connectivity index (χ0v) is 9.76. The second-order valence-electron chi connectivity index (χ2n) is 3.88. The van der Waals surface area contributed by atoms with Crippen LogP contribution in [0.1, 0.15) is 30.0 Å². The topological polar surface area (TPSA) is 29.1 Å². The Balaban J connectivity index is 2.50. The lowest BCUT2D eigenvalue weighted by Crippen LogP contribution is -2.24. The van der Waals surface area contributed by atoms with Gasteiger partial charge in [-0.05, 0) is 31.4 Å². The van der Waals surface area contributed by atoms with E-state index in [1.165, 1.54) is 16.7 Å². The maximum absolute atomic E-state index is 11.0. The van der Waals surface area contributed by atoms with Gasteiger partial charge in [-0.1, -0.05) is 30.7 Å². The first kappa shape index (κ1) is 11.8. The lowest BCUT2D eigenvalue weighted by Gasteiger charge is -2.07. The smallest absolute Gasteiger partial charge is 0.219 e. The van der Waals surface area contributed by atoms with Crippen LogP contribution in [0, 0.1) is 13.8 Å². The normalized spacial score (nSPS) is 10.1. The van der Waals surface area contributed by atoms with E-state index in [1.54, 1.807) is 0 Å². The van der Waals surface area contributed by atoms with Gasteiger partial charge >= 0.3 is 0 Å². The van der Waals surface area contributed by atoms with Gasteiger partial charge in [0, 0.05) is 13.0 Å². The molecule has 1 aromatic rings. The maximum Gasteiger partial charge on any atom is 0.219 e. The van der Waals surface area contributed by atoms with Gasteiger partial charge in [0.15, 0.2) is 0 Å². The molecule has 0 bridgehead atoms. The number of carbonyl (C=O) groups is 1. The second-order valence-corrected chi connectivity index (χ2v) is 3.88. The highest BCUT2D eigenvalue weighted by molar-refractivity contribution is 5.75. The molecule has 1 amide bonds. The lowest BCUT2D eigenvalue weighted by molar-refractivity contribution is -0.120. The van der Waals surface area contributed by atoms with Crippen molar-refractivity contribution < 1.29 is 4.79 Å². The molecule has 0 heterocycles. The molecule has 15 heavy (non-hydrogen) atoms. The standard InChI is InChI=1S/C13H19NO/c1-4-13(15)14-8-7-12-9-10(2)5-6-11(12)3/h5-6,9H,4,7-8H2,1-3H3,(H,14,15). The summed E-state index contributed by atoms with van der Waals surface area (Å²) in [7, 11) is 0. The summed E-state index contributed by atoms with van der Waals surface area (Å²) in [5.74, 6) is 0.125. The Morgan fingerprint density at radius 3 is 2.73 bits per heavy atom. The van der Waals surface area contributed by atoms with E-state index in [-0.39, 0.29) is 5.91 Å². The van der Waals surface area contributed by atoms with E-state index < -0.39 is 0 Å². The zero-order valence-electron chi connectivity index (χ0n) is 9.76. The molecule has 0 aliphatic carbocycles. The highest BCUT2D eigenvalue weighted by atomic mass is 16.1. The fraction of sp³-hybridized carbons (Fsp3) is 0.462. The third-order valence-corrected chi connectivity index (χ3v) is 2.54. The molecule has 0 saturated heterocycles. The van der Waals surface area contributed by atoms with Crippen molar-refractivity contribution in [3.05, 3.63) is 34.9 Å². The van der Waals surface area contributed by atoms with E-state index in [0.717, 1.165) is 13.0 Å². The third kappa shape index (κ3) is 3.74. The van der Waals surface area contributed by atoms with E-state index in [4.69, 9.17) is 0 Å². The van der Waals surface area contributed by atoms with Crippen LogP contribution in [-0.4, -0.2) is 12.5 Å². The number of benzene rings is 1. The predicted molar refractivity (Wildman–Crippen MR) is 62.9 cm³/mol.